The second-order valence-corrected chi connectivity index (χ2v) is 5.88. The van der Waals surface area contributed by atoms with E-state index in [0.717, 1.165) is 30.7 Å². The molecule has 7 heteroatoms. The van der Waals surface area contributed by atoms with Crippen LogP contribution in [0.4, 0.5) is 5.13 Å². The fraction of sp³-hybridized carbons (Fsp3) is 0.643. The summed E-state index contributed by atoms with van der Waals surface area (Å²) in [7, 11) is 3.33. The van der Waals surface area contributed by atoms with E-state index in [1.54, 1.807) is 6.92 Å². The van der Waals surface area contributed by atoms with Gasteiger partial charge in [-0.15, -0.1) is 0 Å². The van der Waals surface area contributed by atoms with Crippen LogP contribution in [0.25, 0.3) is 0 Å². The van der Waals surface area contributed by atoms with E-state index in [4.69, 9.17) is 0 Å². The molecule has 1 heterocycles. The summed E-state index contributed by atoms with van der Waals surface area (Å²) in [6.07, 6.45) is 2.68. The topological polar surface area (TPSA) is 71.5 Å². The highest BCUT2D eigenvalue weighted by Gasteiger charge is 2.16. The molecule has 6 nitrogen and oxygen atoms in total. The van der Waals surface area contributed by atoms with Crippen molar-refractivity contribution < 1.29 is 14.3 Å². The first-order chi connectivity index (χ1) is 9.97. The predicted octanol–water partition coefficient (Wildman–Crippen LogP) is 2.30. The van der Waals surface area contributed by atoms with Gasteiger partial charge in [-0.3, -0.25) is 4.79 Å². The summed E-state index contributed by atoms with van der Waals surface area (Å²) >= 11 is 1.14. The number of carbonyl (C=O) groups excluding carboxylic acids is 2. The van der Waals surface area contributed by atoms with E-state index < -0.39 is 5.97 Å². The van der Waals surface area contributed by atoms with Crippen LogP contribution in [0.15, 0.2) is 0 Å². The molecular weight excluding hydrogens is 290 g/mol. The molecule has 0 aliphatic rings. The SMILES string of the molecule is CCCCN(C)CCC(=O)Nc1nc(C)c(C(=O)OC)s1. The van der Waals surface area contributed by atoms with Crippen molar-refractivity contribution >= 4 is 28.3 Å². The lowest BCUT2D eigenvalue weighted by Gasteiger charge is -2.15. The summed E-state index contributed by atoms with van der Waals surface area (Å²) in [6.45, 7) is 5.56. The zero-order valence-electron chi connectivity index (χ0n) is 13.1. The minimum Gasteiger partial charge on any atom is -0.465 e. The fourth-order valence-electron chi connectivity index (χ4n) is 1.75. The lowest BCUT2D eigenvalue weighted by atomic mass is 10.3. The molecule has 1 rings (SSSR count). The van der Waals surface area contributed by atoms with Gasteiger partial charge < -0.3 is 15.0 Å². The highest BCUT2D eigenvalue weighted by molar-refractivity contribution is 7.17. The van der Waals surface area contributed by atoms with E-state index in [2.05, 4.69) is 26.9 Å². The lowest BCUT2D eigenvalue weighted by Crippen LogP contribution is -2.25. The minimum absolute atomic E-state index is 0.0940. The van der Waals surface area contributed by atoms with E-state index in [9.17, 15) is 9.59 Å². The van der Waals surface area contributed by atoms with Crippen LogP contribution in [-0.2, 0) is 9.53 Å². The first-order valence-electron chi connectivity index (χ1n) is 7.02. The van der Waals surface area contributed by atoms with Crippen molar-refractivity contribution in [2.45, 2.75) is 33.1 Å². The van der Waals surface area contributed by atoms with Crippen LogP contribution in [0.3, 0.4) is 0 Å². The molecule has 0 saturated heterocycles. The number of ether oxygens (including phenoxy) is 1. The van der Waals surface area contributed by atoms with Crippen molar-refractivity contribution in [3.63, 3.8) is 0 Å². The maximum atomic E-state index is 11.9. The molecule has 0 aromatic carbocycles. The molecule has 0 bridgehead atoms. The number of hydrogen-bond donors (Lipinski definition) is 1. The Hall–Kier alpha value is -1.47. The summed E-state index contributed by atoms with van der Waals surface area (Å²) in [4.78, 5) is 30.1. The number of carbonyl (C=O) groups is 2. The van der Waals surface area contributed by atoms with Crippen molar-refractivity contribution in [1.82, 2.24) is 9.88 Å². The van der Waals surface area contributed by atoms with E-state index in [-0.39, 0.29) is 5.91 Å². The fourth-order valence-corrected chi connectivity index (χ4v) is 2.65. The van der Waals surface area contributed by atoms with Gasteiger partial charge in [0.25, 0.3) is 0 Å². The number of thiazole rings is 1. The van der Waals surface area contributed by atoms with Gasteiger partial charge in [0.15, 0.2) is 5.13 Å². The summed E-state index contributed by atoms with van der Waals surface area (Å²) < 4.78 is 4.66. The van der Waals surface area contributed by atoms with Crippen molar-refractivity contribution in [2.24, 2.45) is 0 Å². The third-order valence-corrected chi connectivity index (χ3v) is 4.08. The van der Waals surface area contributed by atoms with Gasteiger partial charge >= 0.3 is 5.97 Å². The largest absolute Gasteiger partial charge is 0.465 e. The molecule has 0 atom stereocenters. The third kappa shape index (κ3) is 5.81. The van der Waals surface area contributed by atoms with Crippen LogP contribution in [-0.4, -0.2) is 49.0 Å². The van der Waals surface area contributed by atoms with Gasteiger partial charge in [0.1, 0.15) is 4.88 Å². The van der Waals surface area contributed by atoms with Crippen LogP contribution in [0.5, 0.6) is 0 Å². The number of nitrogens with zero attached hydrogens (tertiary/aromatic N) is 2. The normalized spacial score (nSPS) is 10.7. The second-order valence-electron chi connectivity index (χ2n) is 4.88. The van der Waals surface area contributed by atoms with Crippen LogP contribution in [0, 0.1) is 6.92 Å². The van der Waals surface area contributed by atoms with Crippen LogP contribution >= 0.6 is 11.3 Å². The quantitative estimate of drug-likeness (QED) is 0.746. The van der Waals surface area contributed by atoms with Gasteiger partial charge in [0.05, 0.1) is 12.8 Å². The van der Waals surface area contributed by atoms with Crippen molar-refractivity contribution in [1.29, 1.82) is 0 Å². The Morgan fingerprint density at radius 3 is 2.71 bits per heavy atom. The molecule has 1 N–H and O–H groups in total. The molecule has 0 aliphatic carbocycles. The molecule has 0 saturated carbocycles. The molecule has 1 aromatic heterocycles. The maximum Gasteiger partial charge on any atom is 0.350 e. The van der Waals surface area contributed by atoms with Gasteiger partial charge in [0.2, 0.25) is 5.91 Å². The summed E-state index contributed by atoms with van der Waals surface area (Å²) in [5.74, 6) is -0.520. The van der Waals surface area contributed by atoms with Crippen molar-refractivity contribution in [3.8, 4) is 0 Å². The Labute approximate surface area is 129 Å². The molecular formula is C14H23N3O3S. The van der Waals surface area contributed by atoms with Crippen molar-refractivity contribution in [3.05, 3.63) is 10.6 Å². The van der Waals surface area contributed by atoms with Gasteiger partial charge in [-0.05, 0) is 26.9 Å². The average molecular weight is 313 g/mol. The first kappa shape index (κ1) is 17.6. The summed E-state index contributed by atoms with van der Waals surface area (Å²) in [6, 6.07) is 0. The number of methoxy groups -OCH3 is 1. The molecule has 0 unspecified atom stereocenters. The summed E-state index contributed by atoms with van der Waals surface area (Å²) in [5.41, 5.74) is 0.571. The number of unbranched alkanes of at least 4 members (excludes halogenated alkanes) is 1. The minimum atomic E-state index is -0.426. The number of hydrogen-bond acceptors (Lipinski definition) is 6. The lowest BCUT2D eigenvalue weighted by molar-refractivity contribution is -0.116. The molecule has 0 fully saturated rings. The molecule has 118 valence electrons. The van der Waals surface area contributed by atoms with E-state index in [1.807, 2.05) is 7.05 Å². The molecule has 0 aliphatic heterocycles. The van der Waals surface area contributed by atoms with Crippen molar-refractivity contribution in [2.75, 3.05) is 32.6 Å². The summed E-state index contributed by atoms with van der Waals surface area (Å²) in [5, 5.41) is 3.17. The van der Waals surface area contributed by atoms with Crippen LogP contribution in [0.2, 0.25) is 0 Å². The Bertz CT molecular complexity index is 488. The number of aromatic nitrogens is 1. The molecule has 1 aromatic rings. The zero-order chi connectivity index (χ0) is 15.8. The van der Waals surface area contributed by atoms with Crippen LogP contribution < -0.4 is 5.32 Å². The van der Waals surface area contributed by atoms with Gasteiger partial charge in [-0.2, -0.15) is 0 Å². The number of amides is 1. The standard InChI is InChI=1S/C14H23N3O3S/c1-5-6-8-17(3)9-7-11(18)16-14-15-10(2)12(21-14)13(19)20-4/h5-9H2,1-4H3,(H,15,16,18). The smallest absolute Gasteiger partial charge is 0.350 e. The molecule has 1 amide bonds. The Kier molecular flexibility index (Phi) is 7.31. The highest BCUT2D eigenvalue weighted by Crippen LogP contribution is 2.23. The number of aryl methyl sites for hydroxylation is 1. The third-order valence-electron chi connectivity index (χ3n) is 3.03. The number of anilines is 1. The maximum absolute atomic E-state index is 11.9. The van der Waals surface area contributed by atoms with E-state index >= 15 is 0 Å². The predicted molar refractivity (Wildman–Crippen MR) is 83.8 cm³/mol. The van der Waals surface area contributed by atoms with E-state index in [1.165, 1.54) is 7.11 Å². The molecule has 21 heavy (non-hydrogen) atoms. The molecule has 0 radical (unpaired) electrons. The number of rotatable bonds is 8. The molecule has 0 spiro atoms. The Morgan fingerprint density at radius 1 is 1.38 bits per heavy atom. The highest BCUT2D eigenvalue weighted by atomic mass is 32.1. The Morgan fingerprint density at radius 2 is 2.10 bits per heavy atom. The van der Waals surface area contributed by atoms with Crippen LogP contribution in [0.1, 0.15) is 41.6 Å². The second kappa shape index (κ2) is 8.74. The first-order valence-corrected chi connectivity index (χ1v) is 7.83. The monoisotopic (exact) mass is 313 g/mol. The number of nitrogens with one attached hydrogen (secondary N) is 1. The average Bonchev–Trinajstić information content (AvgIpc) is 2.82. The number of esters is 1. The Balaban J connectivity index is 2.46. The van der Waals surface area contributed by atoms with Gasteiger partial charge in [-0.25, -0.2) is 9.78 Å². The van der Waals surface area contributed by atoms with E-state index in [0.29, 0.717) is 28.7 Å². The zero-order valence-corrected chi connectivity index (χ0v) is 13.9. The van der Waals surface area contributed by atoms with Gasteiger partial charge in [-0.1, -0.05) is 24.7 Å². The van der Waals surface area contributed by atoms with Gasteiger partial charge in [0, 0.05) is 13.0 Å².